The second kappa shape index (κ2) is 7.33. The minimum Gasteiger partial charge on any atom is -0.342 e. The Morgan fingerprint density at radius 2 is 1.88 bits per heavy atom. The minimum absolute atomic E-state index is 0.00567. The predicted molar refractivity (Wildman–Crippen MR) is 93.8 cm³/mol. The molecule has 0 saturated carbocycles. The van der Waals surface area contributed by atoms with Crippen LogP contribution in [0.4, 0.5) is 4.39 Å². The van der Waals surface area contributed by atoms with Crippen molar-refractivity contribution in [2.45, 2.75) is 51.5 Å². The second-order valence-corrected chi connectivity index (χ2v) is 7.03. The topological polar surface area (TPSA) is 51.0 Å². The summed E-state index contributed by atoms with van der Waals surface area (Å²) in [5.41, 5.74) is 0.467. The number of carbonyl (C=O) groups is 1. The molecule has 1 aromatic carbocycles. The monoisotopic (exact) mass is 344 g/mol. The van der Waals surface area contributed by atoms with Crippen molar-refractivity contribution >= 4 is 5.91 Å². The minimum atomic E-state index is -0.461. The largest absolute Gasteiger partial charge is 0.342 e. The highest BCUT2D eigenvalue weighted by atomic mass is 19.1. The van der Waals surface area contributed by atoms with Gasteiger partial charge in [0.25, 0.3) is 0 Å². The van der Waals surface area contributed by atoms with E-state index in [1.54, 1.807) is 31.5 Å². The number of carbonyl (C=O) groups excluding carboxylic acids is 1. The molecule has 134 valence electrons. The first kappa shape index (κ1) is 17.6. The van der Waals surface area contributed by atoms with E-state index in [1.165, 1.54) is 6.07 Å². The van der Waals surface area contributed by atoms with E-state index in [1.807, 2.05) is 4.90 Å². The van der Waals surface area contributed by atoms with Crippen molar-refractivity contribution in [3.05, 3.63) is 47.8 Å². The lowest BCUT2D eigenvalue weighted by molar-refractivity contribution is -0.133. The van der Waals surface area contributed by atoms with Crippen molar-refractivity contribution in [2.75, 3.05) is 13.1 Å². The van der Waals surface area contributed by atoms with Crippen LogP contribution in [0.2, 0.25) is 0 Å². The fourth-order valence-corrected chi connectivity index (χ4v) is 3.53. The van der Waals surface area contributed by atoms with Gasteiger partial charge >= 0.3 is 0 Å². The van der Waals surface area contributed by atoms with E-state index in [2.05, 4.69) is 28.6 Å². The van der Waals surface area contributed by atoms with Gasteiger partial charge in [0.2, 0.25) is 5.91 Å². The summed E-state index contributed by atoms with van der Waals surface area (Å²) in [4.78, 5) is 14.6. The molecule has 0 N–H and O–H groups in total. The molecule has 3 rings (SSSR count). The van der Waals surface area contributed by atoms with Crippen LogP contribution in [0.5, 0.6) is 0 Å². The average molecular weight is 344 g/mol. The lowest BCUT2D eigenvalue weighted by Gasteiger charge is -2.33. The van der Waals surface area contributed by atoms with E-state index < -0.39 is 5.92 Å². The number of nitrogens with zero attached hydrogens (tertiary/aromatic N) is 4. The summed E-state index contributed by atoms with van der Waals surface area (Å²) in [5, 5.41) is 8.33. The number of aromatic nitrogens is 3. The number of hydrogen-bond acceptors (Lipinski definition) is 3. The van der Waals surface area contributed by atoms with Gasteiger partial charge in [-0.25, -0.2) is 4.39 Å². The lowest BCUT2D eigenvalue weighted by Crippen LogP contribution is -2.40. The number of benzene rings is 1. The first-order valence-corrected chi connectivity index (χ1v) is 8.91. The van der Waals surface area contributed by atoms with E-state index >= 15 is 0 Å². The van der Waals surface area contributed by atoms with Crippen LogP contribution in [0, 0.1) is 5.82 Å². The van der Waals surface area contributed by atoms with Gasteiger partial charge < -0.3 is 9.47 Å². The molecule has 1 saturated heterocycles. The van der Waals surface area contributed by atoms with Crippen LogP contribution in [0.1, 0.15) is 62.9 Å². The van der Waals surface area contributed by atoms with Crippen molar-refractivity contribution in [3.8, 4) is 0 Å². The molecule has 2 aromatic rings. The standard InChI is InChI=1S/C19H25FN4O/c1-13(2)24-12-21-22-18(24)15-8-10-23(11-9-15)19(25)14(3)16-6-4-5-7-17(16)20/h4-7,12-15H,8-11H2,1-3H3. The summed E-state index contributed by atoms with van der Waals surface area (Å²) in [5.74, 6) is 0.538. The normalized spacial score (nSPS) is 17.1. The zero-order valence-corrected chi connectivity index (χ0v) is 15.0. The van der Waals surface area contributed by atoms with Crippen LogP contribution >= 0.6 is 0 Å². The number of amides is 1. The maximum Gasteiger partial charge on any atom is 0.229 e. The molecule has 0 bridgehead atoms. The molecule has 6 heteroatoms. The average Bonchev–Trinajstić information content (AvgIpc) is 3.11. The van der Waals surface area contributed by atoms with Gasteiger partial charge in [-0.3, -0.25) is 4.79 Å². The molecule has 1 unspecified atom stereocenters. The summed E-state index contributed by atoms with van der Waals surface area (Å²) in [6, 6.07) is 6.84. The van der Waals surface area contributed by atoms with Crippen LogP contribution in [0.15, 0.2) is 30.6 Å². The van der Waals surface area contributed by atoms with Gasteiger partial charge in [-0.2, -0.15) is 0 Å². The molecule has 0 spiro atoms. The Morgan fingerprint density at radius 1 is 1.20 bits per heavy atom. The summed E-state index contributed by atoms with van der Waals surface area (Å²) in [6.07, 6.45) is 3.50. The van der Waals surface area contributed by atoms with Gasteiger partial charge in [0, 0.05) is 25.0 Å². The number of piperidine rings is 1. The maximum absolute atomic E-state index is 13.9. The zero-order valence-electron chi connectivity index (χ0n) is 15.0. The van der Waals surface area contributed by atoms with Crippen LogP contribution in [0.3, 0.4) is 0 Å². The molecule has 1 aromatic heterocycles. The fourth-order valence-electron chi connectivity index (χ4n) is 3.53. The Morgan fingerprint density at radius 3 is 2.52 bits per heavy atom. The molecular formula is C19H25FN4O. The van der Waals surface area contributed by atoms with Crippen LogP contribution < -0.4 is 0 Å². The quantitative estimate of drug-likeness (QED) is 0.853. The summed E-state index contributed by atoms with van der Waals surface area (Å²) in [7, 11) is 0. The fraction of sp³-hybridized carbons (Fsp3) is 0.526. The number of hydrogen-bond donors (Lipinski definition) is 0. The zero-order chi connectivity index (χ0) is 18.0. The molecule has 2 heterocycles. The third-order valence-corrected chi connectivity index (χ3v) is 5.07. The Kier molecular flexibility index (Phi) is 5.16. The number of halogens is 1. The van der Waals surface area contributed by atoms with Gasteiger partial charge in [-0.05, 0) is 45.2 Å². The van der Waals surface area contributed by atoms with E-state index in [4.69, 9.17) is 0 Å². The van der Waals surface area contributed by atoms with Crippen molar-refractivity contribution in [2.24, 2.45) is 0 Å². The van der Waals surface area contributed by atoms with Gasteiger partial charge in [0.15, 0.2) is 0 Å². The summed E-state index contributed by atoms with van der Waals surface area (Å²) in [6.45, 7) is 7.35. The maximum atomic E-state index is 13.9. The Balaban J connectivity index is 1.65. The van der Waals surface area contributed by atoms with Gasteiger partial charge in [0.05, 0.1) is 5.92 Å². The van der Waals surface area contributed by atoms with Crippen molar-refractivity contribution in [1.82, 2.24) is 19.7 Å². The Bertz CT molecular complexity index is 735. The number of likely N-dealkylation sites (tertiary alicyclic amines) is 1. The third kappa shape index (κ3) is 3.57. The first-order chi connectivity index (χ1) is 12.0. The molecule has 1 fully saturated rings. The molecule has 25 heavy (non-hydrogen) atoms. The van der Waals surface area contributed by atoms with Gasteiger partial charge in [0.1, 0.15) is 18.0 Å². The van der Waals surface area contributed by atoms with Crippen molar-refractivity contribution < 1.29 is 9.18 Å². The van der Waals surface area contributed by atoms with E-state index in [-0.39, 0.29) is 11.7 Å². The molecule has 5 nitrogen and oxygen atoms in total. The van der Waals surface area contributed by atoms with Crippen molar-refractivity contribution in [3.63, 3.8) is 0 Å². The molecule has 0 radical (unpaired) electrons. The predicted octanol–water partition coefficient (Wildman–Crippen LogP) is 3.51. The highest BCUT2D eigenvalue weighted by Gasteiger charge is 2.30. The Labute approximate surface area is 147 Å². The smallest absolute Gasteiger partial charge is 0.229 e. The van der Waals surface area contributed by atoms with Crippen LogP contribution in [-0.2, 0) is 4.79 Å². The SMILES string of the molecule is CC(C(=O)N1CCC(c2nncn2C(C)C)CC1)c1ccccc1F. The second-order valence-electron chi connectivity index (χ2n) is 7.03. The van der Waals surface area contributed by atoms with Crippen LogP contribution in [-0.4, -0.2) is 38.7 Å². The van der Waals surface area contributed by atoms with Gasteiger partial charge in [-0.15, -0.1) is 10.2 Å². The van der Waals surface area contributed by atoms with E-state index in [0.29, 0.717) is 30.6 Å². The molecular weight excluding hydrogens is 319 g/mol. The first-order valence-electron chi connectivity index (χ1n) is 8.91. The molecule has 1 amide bonds. The summed E-state index contributed by atoms with van der Waals surface area (Å²) < 4.78 is 16.0. The Hall–Kier alpha value is -2.24. The molecule has 0 aliphatic carbocycles. The van der Waals surface area contributed by atoms with E-state index in [9.17, 15) is 9.18 Å². The molecule has 1 atom stereocenters. The van der Waals surface area contributed by atoms with Crippen molar-refractivity contribution in [1.29, 1.82) is 0 Å². The third-order valence-electron chi connectivity index (χ3n) is 5.07. The van der Waals surface area contributed by atoms with Crippen LogP contribution in [0.25, 0.3) is 0 Å². The molecule has 1 aliphatic heterocycles. The number of rotatable bonds is 4. The van der Waals surface area contributed by atoms with Gasteiger partial charge in [-0.1, -0.05) is 18.2 Å². The molecule has 1 aliphatic rings. The summed E-state index contributed by atoms with van der Waals surface area (Å²) >= 11 is 0. The lowest BCUT2D eigenvalue weighted by atomic mass is 9.93. The van der Waals surface area contributed by atoms with E-state index in [0.717, 1.165) is 18.7 Å². The highest BCUT2D eigenvalue weighted by molar-refractivity contribution is 5.83. The highest BCUT2D eigenvalue weighted by Crippen LogP contribution is 2.30.